The number of pyridine rings is 1. The molecule has 0 atom stereocenters. The van der Waals surface area contributed by atoms with Crippen molar-refractivity contribution in [2.24, 2.45) is 0 Å². The van der Waals surface area contributed by atoms with Crippen LogP contribution in [0.15, 0.2) is 36.5 Å². The molecule has 0 saturated carbocycles. The first kappa shape index (κ1) is 19.2. The third kappa shape index (κ3) is 4.17. The van der Waals surface area contributed by atoms with Crippen LogP contribution in [0.3, 0.4) is 0 Å². The minimum absolute atomic E-state index is 0.0132. The molecule has 0 bridgehead atoms. The zero-order valence-electron chi connectivity index (χ0n) is 15.4. The van der Waals surface area contributed by atoms with Crippen molar-refractivity contribution in [2.75, 3.05) is 13.1 Å². The van der Waals surface area contributed by atoms with Gasteiger partial charge in [0.15, 0.2) is 0 Å². The van der Waals surface area contributed by atoms with E-state index in [0.29, 0.717) is 53.5 Å². The maximum absolute atomic E-state index is 11.3. The van der Waals surface area contributed by atoms with Gasteiger partial charge in [-0.15, -0.1) is 0 Å². The molecule has 29 heavy (non-hydrogen) atoms. The van der Waals surface area contributed by atoms with Crippen molar-refractivity contribution in [2.45, 2.75) is 25.6 Å². The van der Waals surface area contributed by atoms with Gasteiger partial charge in [0.05, 0.1) is 23.2 Å². The lowest BCUT2D eigenvalue weighted by Crippen LogP contribution is -2.40. The molecule has 0 unspecified atom stereocenters. The zero-order chi connectivity index (χ0) is 20.4. The van der Waals surface area contributed by atoms with Crippen molar-refractivity contribution in [1.82, 2.24) is 14.9 Å². The van der Waals surface area contributed by atoms with Gasteiger partial charge in [-0.25, -0.2) is 14.8 Å². The quantitative estimate of drug-likeness (QED) is 0.496. The van der Waals surface area contributed by atoms with Crippen molar-refractivity contribution in [1.29, 1.82) is 0 Å². The van der Waals surface area contributed by atoms with Crippen LogP contribution in [0.4, 0.5) is 10.5 Å². The highest BCUT2D eigenvalue weighted by Crippen LogP contribution is 2.34. The molecule has 4 rings (SSSR count). The van der Waals surface area contributed by atoms with Gasteiger partial charge < -0.3 is 14.7 Å². The first-order chi connectivity index (χ1) is 14.0. The summed E-state index contributed by atoms with van der Waals surface area (Å²) in [5.41, 5.74) is 2.02. The van der Waals surface area contributed by atoms with E-state index in [1.165, 1.54) is 22.3 Å². The summed E-state index contributed by atoms with van der Waals surface area (Å²) >= 11 is 1.31. The van der Waals surface area contributed by atoms with Gasteiger partial charge in [0, 0.05) is 25.4 Å². The summed E-state index contributed by atoms with van der Waals surface area (Å²) < 4.78 is 5.91. The van der Waals surface area contributed by atoms with Crippen LogP contribution in [0.1, 0.15) is 18.4 Å². The highest BCUT2D eigenvalue weighted by atomic mass is 32.1. The van der Waals surface area contributed by atoms with Crippen LogP contribution in [0, 0.1) is 10.1 Å². The summed E-state index contributed by atoms with van der Waals surface area (Å²) in [5, 5.41) is 20.8. The van der Waals surface area contributed by atoms with Gasteiger partial charge in [0.1, 0.15) is 15.4 Å². The van der Waals surface area contributed by atoms with Crippen LogP contribution in [0.5, 0.6) is 0 Å². The first-order valence-corrected chi connectivity index (χ1v) is 9.91. The lowest BCUT2D eigenvalue weighted by molar-refractivity contribution is -0.384. The lowest BCUT2D eigenvalue weighted by atomic mass is 10.1. The number of piperidine rings is 1. The van der Waals surface area contributed by atoms with Gasteiger partial charge in [0.25, 0.3) is 5.69 Å². The number of hydrogen-bond acceptors (Lipinski definition) is 7. The summed E-state index contributed by atoms with van der Waals surface area (Å²) in [6.07, 6.45) is 2.17. The number of para-hydroxylation sites is 1. The van der Waals surface area contributed by atoms with E-state index in [9.17, 15) is 14.9 Å². The summed E-state index contributed by atoms with van der Waals surface area (Å²) in [6, 6.07) is 8.40. The van der Waals surface area contributed by atoms with Gasteiger partial charge in [-0.1, -0.05) is 23.5 Å². The highest BCUT2D eigenvalue weighted by Gasteiger charge is 2.23. The fourth-order valence-corrected chi connectivity index (χ4v) is 4.22. The molecule has 1 saturated heterocycles. The number of nitro groups is 1. The largest absolute Gasteiger partial charge is 0.465 e. The van der Waals surface area contributed by atoms with Crippen LogP contribution in [0.2, 0.25) is 0 Å². The van der Waals surface area contributed by atoms with E-state index < -0.39 is 11.0 Å². The topological polar surface area (TPSA) is 119 Å². The zero-order valence-corrected chi connectivity index (χ0v) is 16.2. The van der Waals surface area contributed by atoms with Crippen LogP contribution in [0.25, 0.3) is 20.9 Å². The molecule has 150 valence electrons. The second-order valence-electron chi connectivity index (χ2n) is 6.74. The Morgan fingerprint density at radius 3 is 2.83 bits per heavy atom. The summed E-state index contributed by atoms with van der Waals surface area (Å²) in [6.45, 7) is 1.31. The molecule has 1 fully saturated rings. The molecule has 9 nitrogen and oxygen atoms in total. The van der Waals surface area contributed by atoms with Gasteiger partial charge in [-0.3, -0.25) is 10.1 Å². The Labute approximate surface area is 169 Å². The maximum Gasteiger partial charge on any atom is 0.407 e. The van der Waals surface area contributed by atoms with E-state index in [2.05, 4.69) is 9.97 Å². The minimum Gasteiger partial charge on any atom is -0.465 e. The number of hydrogen-bond donors (Lipinski definition) is 1. The van der Waals surface area contributed by atoms with E-state index in [1.807, 2.05) is 6.07 Å². The fraction of sp³-hybridized carbons (Fsp3) is 0.316. The van der Waals surface area contributed by atoms with E-state index in [0.717, 1.165) is 5.56 Å². The molecule has 3 aromatic rings. The van der Waals surface area contributed by atoms with E-state index >= 15 is 0 Å². The van der Waals surface area contributed by atoms with Crippen LogP contribution in [-0.4, -0.2) is 50.2 Å². The number of fused-ring (bicyclic) bond motifs is 1. The lowest BCUT2D eigenvalue weighted by Gasteiger charge is -2.29. The molecule has 0 radical (unpaired) electrons. The summed E-state index contributed by atoms with van der Waals surface area (Å²) in [7, 11) is 0. The normalized spacial score (nSPS) is 15.0. The molecule has 0 aliphatic carbocycles. The van der Waals surface area contributed by atoms with E-state index in [-0.39, 0.29) is 11.8 Å². The summed E-state index contributed by atoms with van der Waals surface area (Å²) in [5.74, 6) is 0. The van der Waals surface area contributed by atoms with Crippen molar-refractivity contribution >= 4 is 33.5 Å². The Balaban J connectivity index is 1.47. The number of aromatic nitrogens is 2. The van der Waals surface area contributed by atoms with Gasteiger partial charge >= 0.3 is 6.09 Å². The van der Waals surface area contributed by atoms with Gasteiger partial charge in [-0.05, 0) is 30.5 Å². The number of rotatable bonds is 5. The third-order valence-electron chi connectivity index (χ3n) is 4.83. The van der Waals surface area contributed by atoms with Crippen LogP contribution < -0.4 is 0 Å². The molecule has 1 aliphatic rings. The van der Waals surface area contributed by atoms with E-state index in [1.54, 1.807) is 24.4 Å². The average molecular weight is 414 g/mol. The Morgan fingerprint density at radius 1 is 1.34 bits per heavy atom. The number of thiazole rings is 1. The van der Waals surface area contributed by atoms with Crippen molar-refractivity contribution in [3.8, 4) is 10.6 Å². The number of nitrogens with zero attached hydrogens (tertiary/aromatic N) is 4. The standard InChI is InChI=1S/C19H18N4O5S/c24-19(25)22-7-5-13(6-8-22)28-11-12-9-15-18(20-10-12)29-17(21-15)14-3-1-2-4-16(14)23(26)27/h1-4,9-10,13H,5-8,11H2,(H,24,25). The van der Waals surface area contributed by atoms with Crippen molar-refractivity contribution < 1.29 is 19.6 Å². The number of carbonyl (C=O) groups is 1. The minimum atomic E-state index is -0.893. The Morgan fingerprint density at radius 2 is 2.10 bits per heavy atom. The number of amides is 1. The fourth-order valence-electron chi connectivity index (χ4n) is 3.30. The molecule has 2 aromatic heterocycles. The molecular formula is C19H18N4O5S. The smallest absolute Gasteiger partial charge is 0.407 e. The van der Waals surface area contributed by atoms with Gasteiger partial charge in [0.2, 0.25) is 0 Å². The molecule has 10 heteroatoms. The number of benzene rings is 1. The number of likely N-dealkylation sites (tertiary alicyclic amines) is 1. The molecule has 1 amide bonds. The molecule has 1 aliphatic heterocycles. The first-order valence-electron chi connectivity index (χ1n) is 9.10. The SMILES string of the molecule is O=C(O)N1CCC(OCc2cnc3sc(-c4ccccc4[N+](=O)[O-])nc3c2)CC1. The monoisotopic (exact) mass is 414 g/mol. The second-order valence-corrected chi connectivity index (χ2v) is 7.72. The second kappa shape index (κ2) is 8.10. The van der Waals surface area contributed by atoms with Gasteiger partial charge in [-0.2, -0.15) is 0 Å². The third-order valence-corrected chi connectivity index (χ3v) is 5.85. The Kier molecular flexibility index (Phi) is 5.36. The molecule has 1 N–H and O–H groups in total. The van der Waals surface area contributed by atoms with Crippen LogP contribution in [-0.2, 0) is 11.3 Å². The predicted octanol–water partition coefficient (Wildman–Crippen LogP) is 3.93. The van der Waals surface area contributed by atoms with Crippen molar-refractivity contribution in [3.63, 3.8) is 0 Å². The van der Waals surface area contributed by atoms with Crippen LogP contribution >= 0.6 is 11.3 Å². The Hall–Kier alpha value is -3.11. The molecule has 0 spiro atoms. The molecular weight excluding hydrogens is 396 g/mol. The molecule has 1 aromatic carbocycles. The maximum atomic E-state index is 11.3. The number of carboxylic acid groups (broad SMARTS) is 1. The number of nitro benzene ring substituents is 1. The average Bonchev–Trinajstić information content (AvgIpc) is 3.15. The highest BCUT2D eigenvalue weighted by molar-refractivity contribution is 7.21. The number of ether oxygens (including phenoxy) is 1. The van der Waals surface area contributed by atoms with Crippen molar-refractivity contribution in [3.05, 3.63) is 52.2 Å². The predicted molar refractivity (Wildman–Crippen MR) is 107 cm³/mol. The summed E-state index contributed by atoms with van der Waals surface area (Å²) in [4.78, 5) is 32.9. The van der Waals surface area contributed by atoms with E-state index in [4.69, 9.17) is 9.84 Å². The molecule has 3 heterocycles. The Bertz CT molecular complexity index is 1060.